The van der Waals surface area contributed by atoms with Crippen molar-refractivity contribution < 1.29 is 9.59 Å². The number of nitrogens with zero attached hydrogens (tertiary/aromatic N) is 3. The Balaban J connectivity index is 2.19. The molecule has 2 amide bonds. The minimum Gasteiger partial charge on any atom is -0.295 e. The molecule has 2 heterocycles. The lowest BCUT2D eigenvalue weighted by molar-refractivity contribution is -0.136. The SMILES string of the molecule is Cc1cn(C2CCC(=O)NC2=O)nn1. The first kappa shape index (κ1) is 8.86. The molecule has 0 spiro atoms. The lowest BCUT2D eigenvalue weighted by Gasteiger charge is -2.20. The Hall–Kier alpha value is -1.72. The third-order valence-corrected chi connectivity index (χ3v) is 2.15. The summed E-state index contributed by atoms with van der Waals surface area (Å²) in [7, 11) is 0. The Morgan fingerprint density at radius 1 is 1.57 bits per heavy atom. The van der Waals surface area contributed by atoms with Crippen LogP contribution < -0.4 is 5.32 Å². The fraction of sp³-hybridized carbons (Fsp3) is 0.500. The zero-order valence-corrected chi connectivity index (χ0v) is 7.73. The lowest BCUT2D eigenvalue weighted by atomic mass is 10.1. The fourth-order valence-electron chi connectivity index (χ4n) is 1.45. The molecule has 1 unspecified atom stereocenters. The molecule has 1 fully saturated rings. The number of carbonyl (C=O) groups excluding carboxylic acids is 2. The number of carbonyl (C=O) groups is 2. The van der Waals surface area contributed by atoms with Crippen LogP contribution in [0.15, 0.2) is 6.20 Å². The second-order valence-electron chi connectivity index (χ2n) is 3.31. The number of hydrogen-bond acceptors (Lipinski definition) is 4. The molecule has 0 aliphatic carbocycles. The van der Waals surface area contributed by atoms with Crippen LogP contribution in [0.3, 0.4) is 0 Å². The molecule has 1 aromatic heterocycles. The minimum atomic E-state index is -0.395. The van der Waals surface area contributed by atoms with E-state index in [-0.39, 0.29) is 11.8 Å². The molecule has 0 aromatic carbocycles. The van der Waals surface area contributed by atoms with E-state index >= 15 is 0 Å². The average molecular weight is 194 g/mol. The Bertz CT molecular complexity index is 384. The standard InChI is InChI=1S/C8H10N4O2/c1-5-4-12(11-10-5)6-2-3-7(13)9-8(6)14/h4,6H,2-3H2,1H3,(H,9,13,14). The van der Waals surface area contributed by atoms with E-state index in [1.54, 1.807) is 13.1 Å². The first-order valence-corrected chi connectivity index (χ1v) is 4.39. The molecule has 2 rings (SSSR count). The number of aryl methyl sites for hydroxylation is 1. The number of hydrogen-bond donors (Lipinski definition) is 1. The van der Waals surface area contributed by atoms with Crippen LogP contribution >= 0.6 is 0 Å². The maximum Gasteiger partial charge on any atom is 0.251 e. The summed E-state index contributed by atoms with van der Waals surface area (Å²) in [5.74, 6) is -0.519. The van der Waals surface area contributed by atoms with Crippen LogP contribution in [0.4, 0.5) is 0 Å². The van der Waals surface area contributed by atoms with Gasteiger partial charge in [-0.15, -0.1) is 5.10 Å². The number of nitrogens with one attached hydrogen (secondary N) is 1. The maximum absolute atomic E-state index is 11.4. The molecule has 6 heteroatoms. The van der Waals surface area contributed by atoms with Crippen molar-refractivity contribution in [2.24, 2.45) is 0 Å². The fourth-order valence-corrected chi connectivity index (χ4v) is 1.45. The molecule has 0 bridgehead atoms. The maximum atomic E-state index is 11.4. The molecule has 1 aromatic rings. The van der Waals surface area contributed by atoms with Gasteiger partial charge in [0.2, 0.25) is 5.91 Å². The Morgan fingerprint density at radius 3 is 2.93 bits per heavy atom. The van der Waals surface area contributed by atoms with E-state index in [2.05, 4.69) is 15.6 Å². The summed E-state index contributed by atoms with van der Waals surface area (Å²) < 4.78 is 1.50. The highest BCUT2D eigenvalue weighted by molar-refractivity contribution is 5.99. The van der Waals surface area contributed by atoms with Crippen molar-refractivity contribution >= 4 is 11.8 Å². The molecular weight excluding hydrogens is 184 g/mol. The number of amides is 2. The summed E-state index contributed by atoms with van der Waals surface area (Å²) in [5, 5.41) is 9.87. The molecule has 0 radical (unpaired) electrons. The van der Waals surface area contributed by atoms with Gasteiger partial charge < -0.3 is 0 Å². The van der Waals surface area contributed by atoms with Gasteiger partial charge in [-0.1, -0.05) is 5.21 Å². The Morgan fingerprint density at radius 2 is 2.36 bits per heavy atom. The van der Waals surface area contributed by atoms with E-state index in [0.29, 0.717) is 12.8 Å². The van der Waals surface area contributed by atoms with Gasteiger partial charge in [0.15, 0.2) is 0 Å². The van der Waals surface area contributed by atoms with Crippen molar-refractivity contribution in [3.8, 4) is 0 Å². The number of rotatable bonds is 1. The van der Waals surface area contributed by atoms with E-state index in [0.717, 1.165) is 5.69 Å². The summed E-state index contributed by atoms with van der Waals surface area (Å²) in [6, 6.07) is -0.395. The zero-order valence-electron chi connectivity index (χ0n) is 7.73. The molecule has 14 heavy (non-hydrogen) atoms. The molecule has 1 aliphatic rings. The van der Waals surface area contributed by atoms with Crippen molar-refractivity contribution in [1.82, 2.24) is 20.3 Å². The number of aromatic nitrogens is 3. The van der Waals surface area contributed by atoms with Crippen molar-refractivity contribution in [2.75, 3.05) is 0 Å². The van der Waals surface area contributed by atoms with Crippen LogP contribution in [0.2, 0.25) is 0 Å². The minimum absolute atomic E-state index is 0.219. The molecule has 1 N–H and O–H groups in total. The van der Waals surface area contributed by atoms with Gasteiger partial charge in [0.25, 0.3) is 5.91 Å². The predicted octanol–water partition coefficient (Wildman–Crippen LogP) is -0.436. The second kappa shape index (κ2) is 3.21. The van der Waals surface area contributed by atoms with Crippen molar-refractivity contribution in [1.29, 1.82) is 0 Å². The van der Waals surface area contributed by atoms with Gasteiger partial charge in [-0.2, -0.15) is 0 Å². The Kier molecular flexibility index (Phi) is 2.03. The largest absolute Gasteiger partial charge is 0.295 e. The van der Waals surface area contributed by atoms with Crippen molar-refractivity contribution in [2.45, 2.75) is 25.8 Å². The molecule has 6 nitrogen and oxygen atoms in total. The van der Waals surface area contributed by atoms with Crippen LogP contribution in [0, 0.1) is 6.92 Å². The monoisotopic (exact) mass is 194 g/mol. The highest BCUT2D eigenvalue weighted by Crippen LogP contribution is 2.16. The molecular formula is C8H10N4O2. The van der Waals surface area contributed by atoms with E-state index in [1.807, 2.05) is 0 Å². The van der Waals surface area contributed by atoms with Gasteiger partial charge in [-0.05, 0) is 13.3 Å². The topological polar surface area (TPSA) is 76.9 Å². The van der Waals surface area contributed by atoms with Gasteiger partial charge in [-0.3, -0.25) is 14.9 Å². The van der Waals surface area contributed by atoms with Crippen molar-refractivity contribution in [3.05, 3.63) is 11.9 Å². The molecule has 74 valence electrons. The number of piperidine rings is 1. The van der Waals surface area contributed by atoms with E-state index < -0.39 is 6.04 Å². The van der Waals surface area contributed by atoms with Gasteiger partial charge in [-0.25, -0.2) is 4.68 Å². The van der Waals surface area contributed by atoms with Crippen LogP contribution in [-0.4, -0.2) is 26.8 Å². The van der Waals surface area contributed by atoms with Gasteiger partial charge >= 0.3 is 0 Å². The first-order chi connectivity index (χ1) is 6.66. The van der Waals surface area contributed by atoms with E-state index in [4.69, 9.17) is 0 Å². The predicted molar refractivity (Wildman–Crippen MR) is 46.2 cm³/mol. The van der Waals surface area contributed by atoms with Gasteiger partial charge in [0.05, 0.1) is 5.69 Å². The Labute approximate surface area is 80.3 Å². The van der Waals surface area contributed by atoms with Gasteiger partial charge in [0.1, 0.15) is 6.04 Å². The summed E-state index contributed by atoms with van der Waals surface area (Å²) in [4.78, 5) is 22.3. The summed E-state index contributed by atoms with van der Waals surface area (Å²) in [6.07, 6.45) is 2.54. The summed E-state index contributed by atoms with van der Waals surface area (Å²) in [6.45, 7) is 1.80. The molecule has 1 aliphatic heterocycles. The normalized spacial score (nSPS) is 22.2. The van der Waals surface area contributed by atoms with Crippen molar-refractivity contribution in [3.63, 3.8) is 0 Å². The zero-order chi connectivity index (χ0) is 10.1. The molecule has 0 saturated carbocycles. The number of imide groups is 1. The quantitative estimate of drug-likeness (QED) is 0.615. The smallest absolute Gasteiger partial charge is 0.251 e. The van der Waals surface area contributed by atoms with E-state index in [1.165, 1.54) is 4.68 Å². The highest BCUT2D eigenvalue weighted by Gasteiger charge is 2.28. The second-order valence-corrected chi connectivity index (χ2v) is 3.31. The van der Waals surface area contributed by atoms with E-state index in [9.17, 15) is 9.59 Å². The lowest BCUT2D eigenvalue weighted by Crippen LogP contribution is -2.41. The third kappa shape index (κ3) is 1.50. The van der Waals surface area contributed by atoms with Gasteiger partial charge in [0, 0.05) is 12.6 Å². The highest BCUT2D eigenvalue weighted by atomic mass is 16.2. The van der Waals surface area contributed by atoms with Crippen LogP contribution in [0.5, 0.6) is 0 Å². The summed E-state index contributed by atoms with van der Waals surface area (Å²) >= 11 is 0. The molecule has 1 saturated heterocycles. The van der Waals surface area contributed by atoms with Crippen LogP contribution in [0.25, 0.3) is 0 Å². The summed E-state index contributed by atoms with van der Waals surface area (Å²) in [5.41, 5.74) is 0.759. The molecule has 1 atom stereocenters. The van der Waals surface area contributed by atoms with Crippen LogP contribution in [-0.2, 0) is 9.59 Å². The third-order valence-electron chi connectivity index (χ3n) is 2.15. The average Bonchev–Trinajstić information content (AvgIpc) is 2.51. The van der Waals surface area contributed by atoms with Crippen LogP contribution in [0.1, 0.15) is 24.6 Å². The first-order valence-electron chi connectivity index (χ1n) is 4.39.